The molecular weight excluding hydrogens is 206 g/mol. The molecule has 1 heterocycles. The van der Waals surface area contributed by atoms with Crippen molar-refractivity contribution in [2.24, 2.45) is 7.05 Å². The molecule has 16 heavy (non-hydrogen) atoms. The van der Waals surface area contributed by atoms with Crippen molar-refractivity contribution < 1.29 is 4.92 Å². The van der Waals surface area contributed by atoms with Crippen LogP contribution < -0.4 is 0 Å². The Balaban J connectivity index is 2.64. The van der Waals surface area contributed by atoms with Gasteiger partial charge in [-0.25, -0.2) is 0 Å². The van der Waals surface area contributed by atoms with Crippen LogP contribution in [0.25, 0.3) is 10.9 Å². The fourth-order valence-electron chi connectivity index (χ4n) is 1.86. The van der Waals surface area contributed by atoms with E-state index in [1.165, 1.54) is 6.07 Å². The van der Waals surface area contributed by atoms with Crippen LogP contribution in [0.4, 0.5) is 5.69 Å². The number of aromatic nitrogens is 2. The lowest BCUT2D eigenvalue weighted by Crippen LogP contribution is -1.91. The number of nitro benzene ring substituents is 1. The molecule has 0 aliphatic heterocycles. The van der Waals surface area contributed by atoms with Crippen molar-refractivity contribution in [3.05, 3.63) is 34.0 Å². The number of aryl methyl sites for hydroxylation is 2. The zero-order valence-electron chi connectivity index (χ0n) is 9.30. The van der Waals surface area contributed by atoms with Crippen molar-refractivity contribution in [2.45, 2.75) is 19.8 Å². The molecule has 2 aromatic rings. The number of benzene rings is 1. The molecule has 0 aliphatic rings. The zero-order chi connectivity index (χ0) is 11.7. The van der Waals surface area contributed by atoms with Crippen LogP contribution in [-0.2, 0) is 13.5 Å². The van der Waals surface area contributed by atoms with E-state index in [1.54, 1.807) is 16.8 Å². The minimum absolute atomic E-state index is 0.123. The second kappa shape index (κ2) is 3.92. The number of fused-ring (bicyclic) bond motifs is 1. The number of non-ortho nitro benzene ring substituents is 1. The summed E-state index contributed by atoms with van der Waals surface area (Å²) in [4.78, 5) is 10.3. The van der Waals surface area contributed by atoms with E-state index in [-0.39, 0.29) is 10.6 Å². The molecule has 84 valence electrons. The molecule has 0 saturated carbocycles. The van der Waals surface area contributed by atoms with Crippen LogP contribution in [0, 0.1) is 10.1 Å². The van der Waals surface area contributed by atoms with Crippen molar-refractivity contribution in [2.75, 3.05) is 0 Å². The Morgan fingerprint density at radius 3 is 2.88 bits per heavy atom. The van der Waals surface area contributed by atoms with Crippen LogP contribution in [-0.4, -0.2) is 14.7 Å². The number of hydrogen-bond donors (Lipinski definition) is 0. The largest absolute Gasteiger partial charge is 0.270 e. The summed E-state index contributed by atoms with van der Waals surface area (Å²) in [5.74, 6) is 0. The molecule has 0 fully saturated rings. The molecular formula is C11H13N3O2. The van der Waals surface area contributed by atoms with Crippen LogP contribution in [0.3, 0.4) is 0 Å². The van der Waals surface area contributed by atoms with Gasteiger partial charge in [-0.3, -0.25) is 14.8 Å². The van der Waals surface area contributed by atoms with E-state index in [0.29, 0.717) is 0 Å². The molecule has 0 aliphatic carbocycles. The maximum absolute atomic E-state index is 10.7. The molecule has 0 N–H and O–H groups in total. The van der Waals surface area contributed by atoms with Crippen molar-refractivity contribution in [3.8, 4) is 0 Å². The van der Waals surface area contributed by atoms with Crippen LogP contribution in [0.5, 0.6) is 0 Å². The summed E-state index contributed by atoms with van der Waals surface area (Å²) in [6.07, 6.45) is 1.83. The van der Waals surface area contributed by atoms with Crippen LogP contribution in [0.2, 0.25) is 0 Å². The Bertz CT molecular complexity index is 545. The first-order valence-corrected chi connectivity index (χ1v) is 5.23. The number of hydrogen-bond acceptors (Lipinski definition) is 3. The zero-order valence-corrected chi connectivity index (χ0v) is 9.30. The molecule has 0 spiro atoms. The standard InChI is InChI=1S/C11H13N3O2/c1-3-4-10-9-7-8(14(15)16)5-6-11(9)13(2)12-10/h5-7H,3-4H2,1-2H3. The van der Waals surface area contributed by atoms with E-state index in [9.17, 15) is 10.1 Å². The van der Waals surface area contributed by atoms with E-state index in [0.717, 1.165) is 29.4 Å². The monoisotopic (exact) mass is 219 g/mol. The highest BCUT2D eigenvalue weighted by Gasteiger charge is 2.12. The second-order valence-corrected chi connectivity index (χ2v) is 3.78. The van der Waals surface area contributed by atoms with Gasteiger partial charge in [0, 0.05) is 24.6 Å². The lowest BCUT2D eigenvalue weighted by atomic mass is 10.1. The lowest BCUT2D eigenvalue weighted by molar-refractivity contribution is -0.384. The average molecular weight is 219 g/mol. The Hall–Kier alpha value is -1.91. The van der Waals surface area contributed by atoms with Gasteiger partial charge in [0.25, 0.3) is 5.69 Å². The number of nitrogens with zero attached hydrogens (tertiary/aromatic N) is 3. The molecule has 0 saturated heterocycles. The van der Waals surface area contributed by atoms with Gasteiger partial charge in [0.1, 0.15) is 0 Å². The molecule has 1 aromatic heterocycles. The first-order valence-electron chi connectivity index (χ1n) is 5.23. The topological polar surface area (TPSA) is 61.0 Å². The Labute approximate surface area is 92.8 Å². The third-order valence-electron chi connectivity index (χ3n) is 2.61. The predicted molar refractivity (Wildman–Crippen MR) is 61.4 cm³/mol. The molecule has 5 nitrogen and oxygen atoms in total. The third kappa shape index (κ3) is 1.64. The summed E-state index contributed by atoms with van der Waals surface area (Å²) >= 11 is 0. The van der Waals surface area contributed by atoms with Gasteiger partial charge in [-0.15, -0.1) is 0 Å². The van der Waals surface area contributed by atoms with Gasteiger partial charge in [-0.05, 0) is 12.5 Å². The van der Waals surface area contributed by atoms with Crippen LogP contribution in [0.15, 0.2) is 18.2 Å². The molecule has 0 radical (unpaired) electrons. The van der Waals surface area contributed by atoms with Crippen molar-refractivity contribution >= 4 is 16.6 Å². The third-order valence-corrected chi connectivity index (χ3v) is 2.61. The first-order chi connectivity index (χ1) is 7.63. The number of nitro groups is 1. The molecule has 5 heteroatoms. The average Bonchev–Trinajstić information content (AvgIpc) is 2.56. The second-order valence-electron chi connectivity index (χ2n) is 3.78. The highest BCUT2D eigenvalue weighted by Crippen LogP contribution is 2.24. The molecule has 2 rings (SSSR count). The first kappa shape index (κ1) is 10.6. The normalized spacial score (nSPS) is 10.9. The molecule has 0 amide bonds. The summed E-state index contributed by atoms with van der Waals surface area (Å²) in [7, 11) is 1.85. The van der Waals surface area contributed by atoms with Gasteiger partial charge in [0.15, 0.2) is 0 Å². The van der Waals surface area contributed by atoms with E-state index in [1.807, 2.05) is 7.05 Å². The summed E-state index contributed by atoms with van der Waals surface area (Å²) in [6.45, 7) is 2.07. The van der Waals surface area contributed by atoms with E-state index in [2.05, 4.69) is 12.0 Å². The molecule has 0 atom stereocenters. The van der Waals surface area contributed by atoms with Crippen molar-refractivity contribution in [1.82, 2.24) is 9.78 Å². The summed E-state index contributed by atoms with van der Waals surface area (Å²) in [5, 5.41) is 16.0. The molecule has 1 aromatic carbocycles. The smallest absolute Gasteiger partial charge is 0.268 e. The predicted octanol–water partition coefficient (Wildman–Crippen LogP) is 2.43. The molecule has 0 bridgehead atoms. The van der Waals surface area contributed by atoms with Gasteiger partial charge < -0.3 is 0 Å². The van der Waals surface area contributed by atoms with E-state index >= 15 is 0 Å². The fraction of sp³-hybridized carbons (Fsp3) is 0.364. The summed E-state index contributed by atoms with van der Waals surface area (Å²) in [5.41, 5.74) is 2.00. The number of rotatable bonds is 3. The maximum Gasteiger partial charge on any atom is 0.270 e. The lowest BCUT2D eigenvalue weighted by Gasteiger charge is -1.94. The van der Waals surface area contributed by atoms with Gasteiger partial charge in [0.05, 0.1) is 16.1 Å². The minimum atomic E-state index is -0.373. The maximum atomic E-state index is 10.7. The van der Waals surface area contributed by atoms with Crippen LogP contribution in [0.1, 0.15) is 19.0 Å². The SMILES string of the molecule is CCCc1nn(C)c2ccc([N+](=O)[O-])cc12. The summed E-state index contributed by atoms with van der Waals surface area (Å²) < 4.78 is 1.77. The van der Waals surface area contributed by atoms with Crippen LogP contribution >= 0.6 is 0 Å². The van der Waals surface area contributed by atoms with Gasteiger partial charge in [0.2, 0.25) is 0 Å². The minimum Gasteiger partial charge on any atom is -0.268 e. The Kier molecular flexibility index (Phi) is 2.60. The Morgan fingerprint density at radius 1 is 1.50 bits per heavy atom. The highest BCUT2D eigenvalue weighted by molar-refractivity contribution is 5.84. The van der Waals surface area contributed by atoms with Gasteiger partial charge in [-0.2, -0.15) is 5.10 Å². The summed E-state index contributed by atoms with van der Waals surface area (Å²) in [6, 6.07) is 4.87. The molecule has 0 unspecified atom stereocenters. The van der Waals surface area contributed by atoms with Crippen molar-refractivity contribution in [1.29, 1.82) is 0 Å². The van der Waals surface area contributed by atoms with Crippen molar-refractivity contribution in [3.63, 3.8) is 0 Å². The fourth-order valence-corrected chi connectivity index (χ4v) is 1.86. The Morgan fingerprint density at radius 2 is 2.25 bits per heavy atom. The van der Waals surface area contributed by atoms with Gasteiger partial charge in [-0.1, -0.05) is 13.3 Å². The quantitative estimate of drug-likeness (QED) is 0.588. The van der Waals surface area contributed by atoms with Gasteiger partial charge >= 0.3 is 0 Å². The van der Waals surface area contributed by atoms with E-state index < -0.39 is 0 Å². The van der Waals surface area contributed by atoms with E-state index in [4.69, 9.17) is 0 Å². The highest BCUT2D eigenvalue weighted by atomic mass is 16.6.